The average Bonchev–Trinajstić information content (AvgIpc) is 3.14. The lowest BCUT2D eigenvalue weighted by molar-refractivity contribution is -0.113. The molecule has 28 heavy (non-hydrogen) atoms. The Morgan fingerprint density at radius 3 is 2.50 bits per heavy atom. The summed E-state index contributed by atoms with van der Waals surface area (Å²) in [4.78, 5) is 16.8. The molecule has 0 fully saturated rings. The number of nitrogens with zero attached hydrogens (tertiary/aromatic N) is 2. The Morgan fingerprint density at radius 2 is 1.82 bits per heavy atom. The van der Waals surface area contributed by atoms with Gasteiger partial charge in [-0.05, 0) is 67.6 Å². The molecule has 0 spiro atoms. The van der Waals surface area contributed by atoms with Crippen LogP contribution in [-0.4, -0.2) is 21.2 Å². The van der Waals surface area contributed by atoms with Crippen LogP contribution in [0.2, 0.25) is 0 Å². The molecule has 0 aliphatic carbocycles. The van der Waals surface area contributed by atoms with E-state index in [1.165, 1.54) is 41.3 Å². The number of nitrogens with one attached hydrogen (secondary N) is 1. The van der Waals surface area contributed by atoms with Crippen LogP contribution in [0.4, 0.5) is 5.69 Å². The minimum absolute atomic E-state index is 0.0266. The summed E-state index contributed by atoms with van der Waals surface area (Å²) >= 11 is 1.44. The first-order chi connectivity index (χ1) is 13.5. The number of amides is 1. The zero-order valence-electron chi connectivity index (χ0n) is 16.7. The number of unbranched alkanes of at least 4 members (excludes halogenated alkanes) is 1. The van der Waals surface area contributed by atoms with E-state index in [2.05, 4.69) is 61.4 Å². The predicted octanol–water partition coefficient (Wildman–Crippen LogP) is 5.56. The van der Waals surface area contributed by atoms with Crippen LogP contribution in [0.5, 0.6) is 0 Å². The molecule has 0 saturated carbocycles. The van der Waals surface area contributed by atoms with Crippen LogP contribution in [0.1, 0.15) is 36.5 Å². The molecule has 1 amide bonds. The summed E-state index contributed by atoms with van der Waals surface area (Å²) in [7, 11) is 0. The van der Waals surface area contributed by atoms with Crippen molar-refractivity contribution in [2.24, 2.45) is 0 Å². The normalized spacial score (nSPS) is 10.8. The topological polar surface area (TPSA) is 46.9 Å². The minimum atomic E-state index is -0.0266. The second kappa shape index (κ2) is 9.60. The van der Waals surface area contributed by atoms with Gasteiger partial charge >= 0.3 is 0 Å². The highest BCUT2D eigenvalue weighted by Gasteiger charge is 2.10. The largest absolute Gasteiger partial charge is 0.325 e. The average molecular weight is 394 g/mol. The molecule has 3 rings (SSSR count). The highest BCUT2D eigenvalue weighted by molar-refractivity contribution is 7.99. The molecule has 0 radical (unpaired) electrons. The third kappa shape index (κ3) is 5.49. The fourth-order valence-corrected chi connectivity index (χ4v) is 3.92. The van der Waals surface area contributed by atoms with Gasteiger partial charge in [0, 0.05) is 23.8 Å². The molecule has 1 aromatic heterocycles. The van der Waals surface area contributed by atoms with E-state index in [9.17, 15) is 4.79 Å². The van der Waals surface area contributed by atoms with E-state index in [0.29, 0.717) is 5.75 Å². The van der Waals surface area contributed by atoms with Crippen molar-refractivity contribution in [1.82, 2.24) is 9.55 Å². The second-order valence-electron chi connectivity index (χ2n) is 7.06. The van der Waals surface area contributed by atoms with E-state index in [1.807, 2.05) is 22.9 Å². The van der Waals surface area contributed by atoms with Gasteiger partial charge in [-0.25, -0.2) is 4.98 Å². The number of carbonyl (C=O) groups is 1. The molecule has 5 heteroatoms. The molecule has 0 bridgehead atoms. The van der Waals surface area contributed by atoms with Crippen molar-refractivity contribution in [3.05, 3.63) is 71.5 Å². The van der Waals surface area contributed by atoms with Gasteiger partial charge in [-0.1, -0.05) is 43.3 Å². The van der Waals surface area contributed by atoms with E-state index in [-0.39, 0.29) is 5.91 Å². The maximum absolute atomic E-state index is 12.4. The number of aromatic nitrogens is 2. The zero-order chi connectivity index (χ0) is 19.9. The van der Waals surface area contributed by atoms with Gasteiger partial charge in [0.2, 0.25) is 5.91 Å². The van der Waals surface area contributed by atoms with Crippen LogP contribution in [0.15, 0.2) is 60.0 Å². The van der Waals surface area contributed by atoms with Crippen molar-refractivity contribution in [3.63, 3.8) is 0 Å². The number of hydrogen-bond donors (Lipinski definition) is 1. The number of aryl methyl sites for hydroxylation is 3. The molecule has 0 atom stereocenters. The molecule has 0 unspecified atom stereocenters. The van der Waals surface area contributed by atoms with E-state index < -0.39 is 0 Å². The van der Waals surface area contributed by atoms with E-state index in [1.54, 1.807) is 6.20 Å². The summed E-state index contributed by atoms with van der Waals surface area (Å²) in [6.07, 6.45) is 7.17. The zero-order valence-corrected chi connectivity index (χ0v) is 17.6. The van der Waals surface area contributed by atoms with Crippen LogP contribution in [-0.2, 0) is 11.2 Å². The maximum atomic E-state index is 12.4. The highest BCUT2D eigenvalue weighted by Crippen LogP contribution is 2.22. The first kappa shape index (κ1) is 20.2. The van der Waals surface area contributed by atoms with Gasteiger partial charge in [0.15, 0.2) is 5.16 Å². The first-order valence-corrected chi connectivity index (χ1v) is 10.7. The summed E-state index contributed by atoms with van der Waals surface area (Å²) in [5.41, 5.74) is 5.63. The van der Waals surface area contributed by atoms with Gasteiger partial charge in [0.25, 0.3) is 0 Å². The summed E-state index contributed by atoms with van der Waals surface area (Å²) in [5, 5.41) is 3.78. The van der Waals surface area contributed by atoms with Crippen LogP contribution in [0, 0.1) is 13.8 Å². The van der Waals surface area contributed by atoms with Crippen LogP contribution in [0.3, 0.4) is 0 Å². The van der Waals surface area contributed by atoms with Crippen LogP contribution in [0.25, 0.3) is 5.69 Å². The standard InChI is InChI=1S/C23H27N3OS/c1-4-5-6-19-7-9-20(10-8-19)25-22(27)16-28-23-24-11-12-26(23)21-14-17(2)13-18(3)15-21/h7-15H,4-6,16H2,1-3H3,(H,25,27). The van der Waals surface area contributed by atoms with Gasteiger partial charge in [0.1, 0.15) is 0 Å². The molecular formula is C23H27N3OS. The fraction of sp³-hybridized carbons (Fsp3) is 0.304. The van der Waals surface area contributed by atoms with E-state index >= 15 is 0 Å². The van der Waals surface area contributed by atoms with Gasteiger partial charge < -0.3 is 5.32 Å². The molecule has 4 nitrogen and oxygen atoms in total. The quantitative estimate of drug-likeness (QED) is 0.510. The van der Waals surface area contributed by atoms with Crippen LogP contribution < -0.4 is 5.32 Å². The number of rotatable bonds is 8. The summed E-state index contributed by atoms with van der Waals surface area (Å²) in [6, 6.07) is 14.5. The molecule has 3 aromatic rings. The molecule has 1 N–H and O–H groups in total. The maximum Gasteiger partial charge on any atom is 0.234 e. The molecule has 0 saturated heterocycles. The Bertz CT molecular complexity index is 911. The Labute approximate surface area is 171 Å². The monoisotopic (exact) mass is 393 g/mol. The number of carbonyl (C=O) groups excluding carboxylic acids is 1. The molecule has 0 aliphatic heterocycles. The SMILES string of the molecule is CCCCc1ccc(NC(=O)CSc2nccn2-c2cc(C)cc(C)c2)cc1. The number of thioether (sulfide) groups is 1. The third-order valence-corrected chi connectivity index (χ3v) is 5.45. The summed E-state index contributed by atoms with van der Waals surface area (Å²) in [6.45, 7) is 6.36. The highest BCUT2D eigenvalue weighted by atomic mass is 32.2. The van der Waals surface area contributed by atoms with Crippen molar-refractivity contribution in [1.29, 1.82) is 0 Å². The number of imidazole rings is 1. The van der Waals surface area contributed by atoms with Gasteiger partial charge in [-0.2, -0.15) is 0 Å². The lowest BCUT2D eigenvalue weighted by atomic mass is 10.1. The molecule has 2 aromatic carbocycles. The number of hydrogen-bond acceptors (Lipinski definition) is 3. The molecule has 146 valence electrons. The van der Waals surface area contributed by atoms with Crippen molar-refractivity contribution in [3.8, 4) is 5.69 Å². The number of anilines is 1. The summed E-state index contributed by atoms with van der Waals surface area (Å²) in [5.74, 6) is 0.292. The smallest absolute Gasteiger partial charge is 0.234 e. The van der Waals surface area contributed by atoms with Gasteiger partial charge in [-0.15, -0.1) is 0 Å². The van der Waals surface area contributed by atoms with Gasteiger partial charge in [0.05, 0.1) is 5.75 Å². The van der Waals surface area contributed by atoms with Crippen molar-refractivity contribution in [2.75, 3.05) is 11.1 Å². The molecule has 1 heterocycles. The Morgan fingerprint density at radius 1 is 1.11 bits per heavy atom. The predicted molar refractivity (Wildman–Crippen MR) is 117 cm³/mol. The van der Waals surface area contributed by atoms with Crippen LogP contribution >= 0.6 is 11.8 Å². The molecule has 0 aliphatic rings. The fourth-order valence-electron chi connectivity index (χ4n) is 3.15. The Kier molecular flexibility index (Phi) is 6.93. The van der Waals surface area contributed by atoms with E-state index in [0.717, 1.165) is 23.0 Å². The third-order valence-electron chi connectivity index (χ3n) is 4.48. The van der Waals surface area contributed by atoms with E-state index in [4.69, 9.17) is 0 Å². The lowest BCUT2D eigenvalue weighted by Crippen LogP contribution is -2.14. The minimum Gasteiger partial charge on any atom is -0.325 e. The first-order valence-electron chi connectivity index (χ1n) is 9.69. The summed E-state index contributed by atoms with van der Waals surface area (Å²) < 4.78 is 2.03. The van der Waals surface area contributed by atoms with Crippen molar-refractivity contribution in [2.45, 2.75) is 45.2 Å². The number of benzene rings is 2. The Hall–Kier alpha value is -2.53. The van der Waals surface area contributed by atoms with Crippen molar-refractivity contribution < 1.29 is 4.79 Å². The second-order valence-corrected chi connectivity index (χ2v) is 8.01. The molecular weight excluding hydrogens is 366 g/mol. The lowest BCUT2D eigenvalue weighted by Gasteiger charge is -2.10. The van der Waals surface area contributed by atoms with Gasteiger partial charge in [-0.3, -0.25) is 9.36 Å². The Balaban J connectivity index is 1.59. The van der Waals surface area contributed by atoms with Crippen molar-refractivity contribution >= 4 is 23.4 Å².